The van der Waals surface area contributed by atoms with Gasteiger partial charge in [-0.05, 0) is 67.5 Å². The number of rotatable bonds is 5. The van der Waals surface area contributed by atoms with E-state index in [1.54, 1.807) is 11.8 Å². The maximum absolute atomic E-state index is 13.0. The zero-order valence-electron chi connectivity index (χ0n) is 19.2. The standard InChI is InChI=1S/C25H30N2O5S/c1-17-14-18(2)16-26(15-17)33(30,31)22-10-8-21(9-11-22)25(29)32-19(3)24(28)27-13-12-20-6-4-5-7-23(20)27/h4-11,17-19H,12-16H2,1-3H3. The molecule has 0 spiro atoms. The fraction of sp³-hybridized carbons (Fsp3) is 0.440. The van der Waals surface area contributed by atoms with Gasteiger partial charge in [-0.3, -0.25) is 4.79 Å². The Balaban J connectivity index is 1.42. The molecule has 0 aliphatic carbocycles. The summed E-state index contributed by atoms with van der Waals surface area (Å²) in [6.45, 7) is 7.21. The molecule has 0 saturated carbocycles. The van der Waals surface area contributed by atoms with Gasteiger partial charge in [0, 0.05) is 25.3 Å². The van der Waals surface area contributed by atoms with E-state index in [1.165, 1.54) is 28.6 Å². The molecule has 0 aromatic heterocycles. The highest BCUT2D eigenvalue weighted by Gasteiger charge is 2.32. The Kier molecular flexibility index (Phi) is 6.59. The third kappa shape index (κ3) is 4.82. The molecule has 2 aliphatic heterocycles. The lowest BCUT2D eigenvalue weighted by Crippen LogP contribution is -2.42. The average molecular weight is 471 g/mol. The molecular weight excluding hydrogens is 440 g/mol. The summed E-state index contributed by atoms with van der Waals surface area (Å²) in [6, 6.07) is 13.4. The minimum absolute atomic E-state index is 0.151. The highest BCUT2D eigenvalue weighted by Crippen LogP contribution is 2.29. The zero-order valence-corrected chi connectivity index (χ0v) is 20.0. The van der Waals surface area contributed by atoms with Crippen LogP contribution in [0.15, 0.2) is 53.4 Å². The molecule has 0 N–H and O–H groups in total. The summed E-state index contributed by atoms with van der Waals surface area (Å²) in [7, 11) is -3.63. The average Bonchev–Trinajstić information content (AvgIpc) is 3.22. The van der Waals surface area contributed by atoms with Gasteiger partial charge in [0.05, 0.1) is 10.5 Å². The van der Waals surface area contributed by atoms with Crippen LogP contribution in [0, 0.1) is 11.8 Å². The van der Waals surface area contributed by atoms with Crippen molar-refractivity contribution in [2.75, 3.05) is 24.5 Å². The Morgan fingerprint density at radius 2 is 1.64 bits per heavy atom. The molecular formula is C25H30N2O5S. The van der Waals surface area contributed by atoms with Gasteiger partial charge >= 0.3 is 5.97 Å². The highest BCUT2D eigenvalue weighted by molar-refractivity contribution is 7.89. The van der Waals surface area contributed by atoms with Crippen LogP contribution < -0.4 is 4.90 Å². The van der Waals surface area contributed by atoms with Crippen molar-refractivity contribution in [2.45, 2.75) is 44.6 Å². The second-order valence-electron chi connectivity index (χ2n) is 9.21. The van der Waals surface area contributed by atoms with Crippen LogP contribution in [0.3, 0.4) is 0 Å². The molecule has 0 radical (unpaired) electrons. The minimum Gasteiger partial charge on any atom is -0.449 e. The van der Waals surface area contributed by atoms with E-state index in [2.05, 4.69) is 13.8 Å². The molecule has 3 unspecified atom stereocenters. The lowest BCUT2D eigenvalue weighted by molar-refractivity contribution is -0.126. The van der Waals surface area contributed by atoms with Crippen LogP contribution in [0.4, 0.5) is 5.69 Å². The molecule has 33 heavy (non-hydrogen) atoms. The molecule has 8 heteroatoms. The van der Waals surface area contributed by atoms with E-state index in [9.17, 15) is 18.0 Å². The Morgan fingerprint density at radius 3 is 2.30 bits per heavy atom. The Labute approximate surface area is 195 Å². The molecule has 2 heterocycles. The van der Waals surface area contributed by atoms with Crippen molar-refractivity contribution in [1.82, 2.24) is 4.31 Å². The maximum Gasteiger partial charge on any atom is 0.338 e. The number of esters is 1. The van der Waals surface area contributed by atoms with Crippen molar-refractivity contribution >= 4 is 27.6 Å². The van der Waals surface area contributed by atoms with E-state index in [-0.39, 0.29) is 16.4 Å². The molecule has 176 valence electrons. The summed E-state index contributed by atoms with van der Waals surface area (Å²) in [5, 5.41) is 0. The number of benzene rings is 2. The number of ether oxygens (including phenoxy) is 1. The first-order valence-electron chi connectivity index (χ1n) is 11.4. The van der Waals surface area contributed by atoms with E-state index in [0.29, 0.717) is 31.5 Å². The number of anilines is 1. The Morgan fingerprint density at radius 1 is 1.00 bits per heavy atom. The summed E-state index contributed by atoms with van der Waals surface area (Å²) in [6.07, 6.45) is 0.826. The fourth-order valence-electron chi connectivity index (χ4n) is 4.78. The number of fused-ring (bicyclic) bond motifs is 1. The second-order valence-corrected chi connectivity index (χ2v) is 11.1. The first-order chi connectivity index (χ1) is 15.7. The number of amides is 1. The largest absolute Gasteiger partial charge is 0.449 e. The first-order valence-corrected chi connectivity index (χ1v) is 12.8. The molecule has 2 aliphatic rings. The van der Waals surface area contributed by atoms with E-state index in [4.69, 9.17) is 4.74 Å². The van der Waals surface area contributed by atoms with Crippen LogP contribution in [0.2, 0.25) is 0 Å². The van der Waals surface area contributed by atoms with Gasteiger partial charge < -0.3 is 9.64 Å². The van der Waals surface area contributed by atoms with Crippen LogP contribution in [0.5, 0.6) is 0 Å². The number of piperidine rings is 1. The predicted molar refractivity (Wildman–Crippen MR) is 126 cm³/mol. The van der Waals surface area contributed by atoms with Crippen LogP contribution >= 0.6 is 0 Å². The van der Waals surface area contributed by atoms with E-state index < -0.39 is 22.1 Å². The monoisotopic (exact) mass is 470 g/mol. The molecule has 0 bridgehead atoms. The number of nitrogens with zero attached hydrogens (tertiary/aromatic N) is 2. The van der Waals surface area contributed by atoms with Crippen molar-refractivity contribution in [3.63, 3.8) is 0 Å². The topological polar surface area (TPSA) is 84.0 Å². The Bertz CT molecular complexity index is 1140. The van der Waals surface area contributed by atoms with Gasteiger partial charge in [0.2, 0.25) is 10.0 Å². The molecule has 1 fully saturated rings. The number of carbonyl (C=O) groups excluding carboxylic acids is 2. The molecule has 2 aromatic rings. The van der Waals surface area contributed by atoms with Gasteiger partial charge in [-0.25, -0.2) is 13.2 Å². The molecule has 1 saturated heterocycles. The molecule has 1 amide bonds. The van der Waals surface area contributed by atoms with Crippen LogP contribution in [-0.2, 0) is 26.0 Å². The number of hydrogen-bond donors (Lipinski definition) is 0. The van der Waals surface area contributed by atoms with Crippen molar-refractivity contribution in [2.24, 2.45) is 11.8 Å². The lowest BCUT2D eigenvalue weighted by Gasteiger charge is -2.34. The molecule has 4 rings (SSSR count). The van der Waals surface area contributed by atoms with E-state index in [1.807, 2.05) is 24.3 Å². The second kappa shape index (κ2) is 9.27. The van der Waals surface area contributed by atoms with Gasteiger partial charge in [0.1, 0.15) is 0 Å². The SMILES string of the molecule is CC1CC(C)CN(S(=O)(=O)c2ccc(C(=O)OC(C)C(=O)N3CCc4ccccc43)cc2)C1. The number of carbonyl (C=O) groups is 2. The zero-order chi connectivity index (χ0) is 23.8. The normalized spacial score (nSPS) is 22.0. The molecule has 2 aromatic carbocycles. The van der Waals surface area contributed by atoms with Crippen molar-refractivity contribution in [3.8, 4) is 0 Å². The van der Waals surface area contributed by atoms with Gasteiger partial charge in [0.15, 0.2) is 6.10 Å². The first kappa shape index (κ1) is 23.4. The van der Waals surface area contributed by atoms with Gasteiger partial charge in [-0.1, -0.05) is 32.0 Å². The van der Waals surface area contributed by atoms with Crippen LogP contribution in [-0.4, -0.2) is 50.3 Å². The maximum atomic E-state index is 13.0. The highest BCUT2D eigenvalue weighted by atomic mass is 32.2. The summed E-state index contributed by atoms with van der Waals surface area (Å²) < 4.78 is 33.0. The summed E-state index contributed by atoms with van der Waals surface area (Å²) in [4.78, 5) is 27.3. The Hall–Kier alpha value is -2.71. The fourth-order valence-corrected chi connectivity index (χ4v) is 6.46. The van der Waals surface area contributed by atoms with E-state index in [0.717, 1.165) is 24.1 Å². The smallest absolute Gasteiger partial charge is 0.338 e. The lowest BCUT2D eigenvalue weighted by atomic mass is 9.94. The molecule has 3 atom stereocenters. The van der Waals surface area contributed by atoms with Crippen LogP contribution in [0.25, 0.3) is 0 Å². The summed E-state index contributed by atoms with van der Waals surface area (Å²) >= 11 is 0. The molecule has 7 nitrogen and oxygen atoms in total. The van der Waals surface area contributed by atoms with E-state index >= 15 is 0 Å². The van der Waals surface area contributed by atoms with Gasteiger partial charge in [0.25, 0.3) is 5.91 Å². The summed E-state index contributed by atoms with van der Waals surface area (Å²) in [5.74, 6) is -0.327. The van der Waals surface area contributed by atoms with Crippen molar-refractivity contribution in [1.29, 1.82) is 0 Å². The quantitative estimate of drug-likeness (QED) is 0.625. The number of hydrogen-bond acceptors (Lipinski definition) is 5. The van der Waals surface area contributed by atoms with Crippen molar-refractivity contribution < 1.29 is 22.7 Å². The predicted octanol–water partition coefficient (Wildman–Crippen LogP) is 3.49. The third-order valence-electron chi connectivity index (χ3n) is 6.35. The number of sulfonamides is 1. The van der Waals surface area contributed by atoms with Crippen LogP contribution in [0.1, 0.15) is 43.1 Å². The van der Waals surface area contributed by atoms with Gasteiger partial charge in [-0.15, -0.1) is 0 Å². The van der Waals surface area contributed by atoms with Crippen molar-refractivity contribution in [3.05, 3.63) is 59.7 Å². The number of para-hydroxylation sites is 1. The summed E-state index contributed by atoms with van der Waals surface area (Å²) in [5.41, 5.74) is 2.15. The third-order valence-corrected chi connectivity index (χ3v) is 8.19. The minimum atomic E-state index is -3.63. The van der Waals surface area contributed by atoms with Gasteiger partial charge in [-0.2, -0.15) is 4.31 Å².